The number of rotatable bonds is 7. The fraction of sp³-hybridized carbons (Fsp3) is 0.571. The Morgan fingerprint density at radius 2 is 2.25 bits per heavy atom. The van der Waals surface area contributed by atoms with E-state index in [4.69, 9.17) is 11.6 Å². The molecule has 1 N–H and O–H groups in total. The van der Waals surface area contributed by atoms with Crippen LogP contribution in [-0.2, 0) is 13.0 Å². The molecule has 2 rings (SSSR count). The van der Waals surface area contributed by atoms with Crippen molar-refractivity contribution in [3.05, 3.63) is 33.0 Å². The number of halogens is 1. The molecule has 0 radical (unpaired) electrons. The molecule has 2 aromatic heterocycles. The van der Waals surface area contributed by atoms with Gasteiger partial charge >= 0.3 is 0 Å². The minimum atomic E-state index is 0.204. The number of aryl methyl sites for hydroxylation is 2. The number of aromatic nitrogens is 3. The first-order valence-electron chi connectivity index (χ1n) is 7.00. The quantitative estimate of drug-likeness (QED) is 0.849. The van der Waals surface area contributed by atoms with Crippen LogP contribution in [0.1, 0.15) is 42.6 Å². The van der Waals surface area contributed by atoms with Crippen molar-refractivity contribution in [1.82, 2.24) is 20.1 Å². The lowest BCUT2D eigenvalue weighted by atomic mass is 10.1. The molecule has 0 spiro atoms. The monoisotopic (exact) mass is 312 g/mol. The molecule has 0 saturated carbocycles. The summed E-state index contributed by atoms with van der Waals surface area (Å²) in [5, 5.41) is 10.8. The topological polar surface area (TPSA) is 42.7 Å². The molecular weight excluding hydrogens is 292 g/mol. The van der Waals surface area contributed by atoms with Gasteiger partial charge in [0.2, 0.25) is 0 Å². The van der Waals surface area contributed by atoms with Crippen molar-refractivity contribution in [2.24, 2.45) is 0 Å². The zero-order valence-corrected chi connectivity index (χ0v) is 13.8. The molecule has 110 valence electrons. The van der Waals surface area contributed by atoms with Crippen molar-refractivity contribution < 1.29 is 0 Å². The molecule has 2 aromatic rings. The van der Waals surface area contributed by atoms with Crippen LogP contribution in [0.5, 0.6) is 0 Å². The maximum Gasteiger partial charge on any atom is 0.138 e. The Kier molecular flexibility index (Phi) is 5.57. The molecule has 0 fully saturated rings. The minimum absolute atomic E-state index is 0.204. The zero-order valence-electron chi connectivity index (χ0n) is 12.2. The summed E-state index contributed by atoms with van der Waals surface area (Å²) in [4.78, 5) is 5.57. The van der Waals surface area contributed by atoms with Crippen LogP contribution in [0.2, 0.25) is 5.02 Å². The average molecular weight is 313 g/mol. The van der Waals surface area contributed by atoms with E-state index < -0.39 is 0 Å². The Labute approximate surface area is 129 Å². The van der Waals surface area contributed by atoms with E-state index in [0.29, 0.717) is 0 Å². The molecule has 4 nitrogen and oxygen atoms in total. The van der Waals surface area contributed by atoms with Gasteiger partial charge in [-0.2, -0.15) is 5.10 Å². The predicted molar refractivity (Wildman–Crippen MR) is 84.5 cm³/mol. The molecule has 0 aliphatic carbocycles. The van der Waals surface area contributed by atoms with Crippen LogP contribution in [-0.4, -0.2) is 21.3 Å². The van der Waals surface area contributed by atoms with Gasteiger partial charge in [0.05, 0.1) is 11.1 Å². The highest BCUT2D eigenvalue weighted by molar-refractivity contribution is 7.10. The molecule has 6 heteroatoms. The largest absolute Gasteiger partial charge is 0.309 e. The van der Waals surface area contributed by atoms with Gasteiger partial charge in [-0.15, -0.1) is 11.3 Å². The minimum Gasteiger partial charge on any atom is -0.309 e. The Bertz CT molecular complexity index is 549. The lowest BCUT2D eigenvalue weighted by Gasteiger charge is -2.17. The molecule has 1 atom stereocenters. The normalized spacial score (nSPS) is 12.8. The average Bonchev–Trinajstić information content (AvgIpc) is 3.03. The van der Waals surface area contributed by atoms with Crippen LogP contribution in [0.25, 0.3) is 0 Å². The lowest BCUT2D eigenvalue weighted by molar-refractivity contribution is 0.502. The number of hydrogen-bond donors (Lipinski definition) is 1. The number of hydrogen-bond acceptors (Lipinski definition) is 4. The first kappa shape index (κ1) is 15.5. The van der Waals surface area contributed by atoms with E-state index in [1.165, 1.54) is 4.88 Å². The van der Waals surface area contributed by atoms with Gasteiger partial charge in [0.1, 0.15) is 12.2 Å². The third-order valence-corrected chi connectivity index (χ3v) is 5.09. The maximum atomic E-state index is 6.42. The van der Waals surface area contributed by atoms with Crippen molar-refractivity contribution in [1.29, 1.82) is 0 Å². The smallest absolute Gasteiger partial charge is 0.138 e. The van der Waals surface area contributed by atoms with Gasteiger partial charge in [-0.05, 0) is 37.8 Å². The number of nitrogens with zero attached hydrogens (tertiary/aromatic N) is 3. The molecule has 0 saturated heterocycles. The predicted octanol–water partition coefficient (Wildman–Crippen LogP) is 3.60. The summed E-state index contributed by atoms with van der Waals surface area (Å²) in [7, 11) is 0. The highest BCUT2D eigenvalue weighted by atomic mass is 35.5. The number of thiophene rings is 1. The lowest BCUT2D eigenvalue weighted by Crippen LogP contribution is -2.25. The maximum absolute atomic E-state index is 6.42. The zero-order chi connectivity index (χ0) is 14.5. The SMILES string of the molecule is CCCNC(Cc1ncnn1CC)c1scc(C)c1Cl. The summed E-state index contributed by atoms with van der Waals surface area (Å²) < 4.78 is 1.94. The Morgan fingerprint density at radius 1 is 1.45 bits per heavy atom. The summed E-state index contributed by atoms with van der Waals surface area (Å²) in [5.41, 5.74) is 1.15. The van der Waals surface area contributed by atoms with E-state index in [1.54, 1.807) is 17.7 Å². The Hall–Kier alpha value is -0.910. The van der Waals surface area contributed by atoms with Gasteiger partial charge in [-0.25, -0.2) is 4.98 Å². The van der Waals surface area contributed by atoms with Gasteiger partial charge in [-0.1, -0.05) is 18.5 Å². The van der Waals surface area contributed by atoms with Crippen LogP contribution in [0.3, 0.4) is 0 Å². The molecular formula is C14H21ClN4S. The summed E-state index contributed by atoms with van der Waals surface area (Å²) in [6.07, 6.45) is 3.53. The number of nitrogens with one attached hydrogen (secondary N) is 1. The second-order valence-electron chi connectivity index (χ2n) is 4.80. The van der Waals surface area contributed by atoms with Crippen molar-refractivity contribution in [2.45, 2.75) is 46.2 Å². The highest BCUT2D eigenvalue weighted by Crippen LogP contribution is 2.33. The molecule has 1 unspecified atom stereocenters. The molecule has 0 amide bonds. The van der Waals surface area contributed by atoms with Crippen molar-refractivity contribution in [3.8, 4) is 0 Å². The first-order chi connectivity index (χ1) is 9.67. The van der Waals surface area contributed by atoms with E-state index >= 15 is 0 Å². The third kappa shape index (κ3) is 3.40. The van der Waals surface area contributed by atoms with E-state index in [1.807, 2.05) is 11.6 Å². The summed E-state index contributed by atoms with van der Waals surface area (Å²) in [6, 6.07) is 0.204. The molecule has 0 aliphatic heterocycles. The van der Waals surface area contributed by atoms with Crippen LogP contribution >= 0.6 is 22.9 Å². The van der Waals surface area contributed by atoms with Crippen LogP contribution in [0.15, 0.2) is 11.7 Å². The molecule has 0 aliphatic rings. The van der Waals surface area contributed by atoms with Gasteiger partial charge < -0.3 is 5.32 Å². The molecule has 2 heterocycles. The van der Waals surface area contributed by atoms with E-state index in [0.717, 1.165) is 42.3 Å². The summed E-state index contributed by atoms with van der Waals surface area (Å²) >= 11 is 8.14. The highest BCUT2D eigenvalue weighted by Gasteiger charge is 2.20. The van der Waals surface area contributed by atoms with Crippen molar-refractivity contribution in [3.63, 3.8) is 0 Å². The fourth-order valence-electron chi connectivity index (χ4n) is 2.15. The van der Waals surface area contributed by atoms with Gasteiger partial charge in [-0.3, -0.25) is 4.68 Å². The van der Waals surface area contributed by atoms with Crippen LogP contribution in [0.4, 0.5) is 0 Å². The summed E-state index contributed by atoms with van der Waals surface area (Å²) in [5.74, 6) is 1.00. The van der Waals surface area contributed by atoms with Gasteiger partial charge in [0.25, 0.3) is 0 Å². The fourth-order valence-corrected chi connectivity index (χ4v) is 3.56. The molecule has 0 aromatic carbocycles. The van der Waals surface area contributed by atoms with Crippen molar-refractivity contribution in [2.75, 3.05) is 6.54 Å². The van der Waals surface area contributed by atoms with E-state index in [-0.39, 0.29) is 6.04 Å². The van der Waals surface area contributed by atoms with Crippen LogP contribution in [0, 0.1) is 6.92 Å². The third-order valence-electron chi connectivity index (χ3n) is 3.26. The summed E-state index contributed by atoms with van der Waals surface area (Å²) in [6.45, 7) is 8.10. The first-order valence-corrected chi connectivity index (χ1v) is 8.26. The second-order valence-corrected chi connectivity index (χ2v) is 6.09. The van der Waals surface area contributed by atoms with Gasteiger partial charge in [0.15, 0.2) is 0 Å². The Balaban J connectivity index is 2.21. The molecule has 0 bridgehead atoms. The molecule has 20 heavy (non-hydrogen) atoms. The van der Waals surface area contributed by atoms with E-state index in [9.17, 15) is 0 Å². The Morgan fingerprint density at radius 3 is 2.85 bits per heavy atom. The second kappa shape index (κ2) is 7.20. The van der Waals surface area contributed by atoms with Crippen LogP contribution < -0.4 is 5.32 Å². The standard InChI is InChI=1S/C14H21ClN4S/c1-4-6-16-11(14-13(15)10(3)8-20-14)7-12-17-9-18-19(12)5-2/h8-9,11,16H,4-7H2,1-3H3. The van der Waals surface area contributed by atoms with Crippen molar-refractivity contribution >= 4 is 22.9 Å². The van der Waals surface area contributed by atoms with E-state index in [2.05, 4.69) is 34.6 Å². The van der Waals surface area contributed by atoms with Gasteiger partial charge in [0, 0.05) is 17.8 Å².